The van der Waals surface area contributed by atoms with Gasteiger partial charge in [0, 0.05) is 11.1 Å². The molecule has 9 heteroatoms. The lowest BCUT2D eigenvalue weighted by Crippen LogP contribution is -2.03. The number of ether oxygens (including phenoxy) is 4. The maximum atomic E-state index is 5.33. The van der Waals surface area contributed by atoms with E-state index >= 15 is 0 Å². The molecule has 0 aliphatic heterocycles. The summed E-state index contributed by atoms with van der Waals surface area (Å²) in [5.41, 5.74) is 6.67. The van der Waals surface area contributed by atoms with Crippen LogP contribution in [0, 0.1) is 0 Å². The molecular weight excluding hydrogens is 446 g/mol. The van der Waals surface area contributed by atoms with Crippen molar-refractivity contribution in [3.63, 3.8) is 0 Å². The zero-order valence-electron chi connectivity index (χ0n) is 19.9. The van der Waals surface area contributed by atoms with Gasteiger partial charge in [-0.05, 0) is 72.3 Å². The first-order valence-corrected chi connectivity index (χ1v) is 10.7. The fourth-order valence-electron chi connectivity index (χ4n) is 3.36. The summed E-state index contributed by atoms with van der Waals surface area (Å²) in [6.07, 6.45) is 1.63. The van der Waals surface area contributed by atoms with Crippen LogP contribution in [0.1, 0.15) is 5.56 Å². The van der Waals surface area contributed by atoms with Crippen LogP contribution in [0.4, 0.5) is 5.95 Å². The van der Waals surface area contributed by atoms with Crippen molar-refractivity contribution in [2.24, 2.45) is 5.10 Å². The fourth-order valence-corrected chi connectivity index (χ4v) is 3.36. The van der Waals surface area contributed by atoms with Crippen LogP contribution >= 0.6 is 0 Å². The van der Waals surface area contributed by atoms with Gasteiger partial charge in [0.2, 0.25) is 0 Å². The quantitative estimate of drug-likeness (QED) is 0.277. The Balaban J connectivity index is 1.65. The molecule has 4 aromatic rings. The Morgan fingerprint density at radius 1 is 0.657 bits per heavy atom. The molecule has 0 aliphatic carbocycles. The molecule has 0 unspecified atom stereocenters. The Labute approximate surface area is 203 Å². The summed E-state index contributed by atoms with van der Waals surface area (Å²) in [6, 6.07) is 20.7. The molecule has 35 heavy (non-hydrogen) atoms. The zero-order chi connectivity index (χ0) is 24.6. The van der Waals surface area contributed by atoms with Crippen molar-refractivity contribution in [1.29, 1.82) is 0 Å². The number of hydrazone groups is 1. The largest absolute Gasteiger partial charge is 0.497 e. The van der Waals surface area contributed by atoms with E-state index in [9.17, 15) is 0 Å². The van der Waals surface area contributed by atoms with Crippen LogP contribution in [0.25, 0.3) is 22.5 Å². The molecule has 178 valence electrons. The second-order valence-corrected chi connectivity index (χ2v) is 7.27. The van der Waals surface area contributed by atoms with Crippen LogP contribution in [0.3, 0.4) is 0 Å². The van der Waals surface area contributed by atoms with Crippen molar-refractivity contribution >= 4 is 12.2 Å². The van der Waals surface area contributed by atoms with Gasteiger partial charge in [0.1, 0.15) is 22.9 Å². The summed E-state index contributed by atoms with van der Waals surface area (Å²) < 4.78 is 21.2. The number of anilines is 1. The third-order valence-corrected chi connectivity index (χ3v) is 5.20. The van der Waals surface area contributed by atoms with Gasteiger partial charge >= 0.3 is 0 Å². The van der Waals surface area contributed by atoms with E-state index in [1.165, 1.54) is 0 Å². The minimum absolute atomic E-state index is 0.254. The Hall–Kier alpha value is -4.66. The minimum Gasteiger partial charge on any atom is -0.497 e. The van der Waals surface area contributed by atoms with E-state index < -0.39 is 0 Å². The van der Waals surface area contributed by atoms with Crippen molar-refractivity contribution in [3.05, 3.63) is 72.3 Å². The second-order valence-electron chi connectivity index (χ2n) is 7.27. The molecule has 1 heterocycles. The number of methoxy groups -OCH3 is 4. The smallest absolute Gasteiger partial charge is 0.263 e. The zero-order valence-corrected chi connectivity index (χ0v) is 19.9. The van der Waals surface area contributed by atoms with Crippen molar-refractivity contribution in [2.75, 3.05) is 33.9 Å². The molecule has 0 radical (unpaired) electrons. The number of rotatable bonds is 9. The standard InChI is InChI=1S/C26H25N5O4/c1-32-20-10-6-18(7-11-20)24-25(19-8-12-21(33-2)13-9-19)29-31-26(28-24)30-27-16-17-5-14-22(34-3)23(15-17)35-4/h5-16H,1-4H3,(H,28,30,31)/b27-16+. The summed E-state index contributed by atoms with van der Waals surface area (Å²) in [4.78, 5) is 4.69. The average molecular weight is 472 g/mol. The van der Waals surface area contributed by atoms with E-state index in [-0.39, 0.29) is 5.95 Å². The van der Waals surface area contributed by atoms with E-state index in [1.807, 2.05) is 66.7 Å². The normalized spacial score (nSPS) is 10.7. The lowest BCUT2D eigenvalue weighted by Gasteiger charge is -2.10. The SMILES string of the molecule is COc1ccc(-c2nnc(N/N=C/c3ccc(OC)c(OC)c3)nc2-c2ccc(OC)cc2)cc1. The summed E-state index contributed by atoms with van der Waals surface area (Å²) in [5, 5.41) is 12.9. The van der Waals surface area contributed by atoms with Gasteiger partial charge in [-0.1, -0.05) is 0 Å². The molecule has 0 bridgehead atoms. The van der Waals surface area contributed by atoms with Gasteiger partial charge in [0.05, 0.1) is 34.7 Å². The molecule has 4 rings (SSSR count). The summed E-state index contributed by atoms with van der Waals surface area (Å²) >= 11 is 0. The highest BCUT2D eigenvalue weighted by molar-refractivity contribution is 5.82. The van der Waals surface area contributed by atoms with Gasteiger partial charge in [0.15, 0.2) is 11.5 Å². The first-order chi connectivity index (χ1) is 17.1. The summed E-state index contributed by atoms with van der Waals surface area (Å²) in [6.45, 7) is 0. The number of benzene rings is 3. The molecule has 0 saturated heterocycles. The van der Waals surface area contributed by atoms with Crippen molar-refractivity contribution in [3.8, 4) is 45.5 Å². The van der Waals surface area contributed by atoms with Crippen LogP contribution in [-0.2, 0) is 0 Å². The van der Waals surface area contributed by atoms with E-state index in [0.29, 0.717) is 22.9 Å². The topological polar surface area (TPSA) is 100.0 Å². The highest BCUT2D eigenvalue weighted by Crippen LogP contribution is 2.31. The predicted octanol–water partition coefficient (Wildman–Crippen LogP) is 4.69. The molecule has 0 atom stereocenters. The first-order valence-electron chi connectivity index (χ1n) is 10.7. The molecule has 0 aliphatic rings. The van der Waals surface area contributed by atoms with Gasteiger partial charge < -0.3 is 18.9 Å². The molecule has 0 amide bonds. The molecule has 0 fully saturated rings. The number of hydrogen-bond donors (Lipinski definition) is 1. The molecular formula is C26H25N5O4. The van der Waals surface area contributed by atoms with Crippen LogP contribution < -0.4 is 24.4 Å². The number of aromatic nitrogens is 3. The van der Waals surface area contributed by atoms with Gasteiger partial charge in [-0.25, -0.2) is 10.4 Å². The molecule has 9 nitrogen and oxygen atoms in total. The fraction of sp³-hybridized carbons (Fsp3) is 0.154. The number of hydrogen-bond acceptors (Lipinski definition) is 9. The van der Waals surface area contributed by atoms with Crippen LogP contribution in [-0.4, -0.2) is 49.8 Å². The third-order valence-electron chi connectivity index (χ3n) is 5.20. The van der Waals surface area contributed by atoms with Crippen LogP contribution in [0.15, 0.2) is 71.8 Å². The second kappa shape index (κ2) is 11.0. The Bertz CT molecular complexity index is 1310. The maximum absolute atomic E-state index is 5.33. The Kier molecular flexibility index (Phi) is 7.37. The molecule has 3 aromatic carbocycles. The average Bonchev–Trinajstić information content (AvgIpc) is 2.93. The Morgan fingerprint density at radius 3 is 1.83 bits per heavy atom. The van der Waals surface area contributed by atoms with Gasteiger partial charge in [-0.3, -0.25) is 0 Å². The highest BCUT2D eigenvalue weighted by Gasteiger charge is 2.14. The first kappa shape index (κ1) is 23.5. The lowest BCUT2D eigenvalue weighted by molar-refractivity contribution is 0.355. The van der Waals surface area contributed by atoms with Crippen molar-refractivity contribution in [1.82, 2.24) is 15.2 Å². The van der Waals surface area contributed by atoms with E-state index in [1.54, 1.807) is 34.7 Å². The number of nitrogens with one attached hydrogen (secondary N) is 1. The van der Waals surface area contributed by atoms with E-state index in [4.69, 9.17) is 23.9 Å². The van der Waals surface area contributed by atoms with Gasteiger partial charge in [-0.2, -0.15) is 5.10 Å². The third kappa shape index (κ3) is 5.47. The lowest BCUT2D eigenvalue weighted by atomic mass is 10.0. The molecule has 0 saturated carbocycles. The van der Waals surface area contributed by atoms with Crippen molar-refractivity contribution < 1.29 is 18.9 Å². The maximum Gasteiger partial charge on any atom is 0.263 e. The molecule has 1 aromatic heterocycles. The summed E-state index contributed by atoms with van der Waals surface area (Å²) in [7, 11) is 6.43. The highest BCUT2D eigenvalue weighted by atomic mass is 16.5. The van der Waals surface area contributed by atoms with Gasteiger partial charge in [-0.15, -0.1) is 10.2 Å². The minimum atomic E-state index is 0.254. The number of nitrogens with zero attached hydrogens (tertiary/aromatic N) is 4. The predicted molar refractivity (Wildman–Crippen MR) is 135 cm³/mol. The molecule has 1 N–H and O–H groups in total. The van der Waals surface area contributed by atoms with Crippen LogP contribution in [0.2, 0.25) is 0 Å². The van der Waals surface area contributed by atoms with E-state index in [2.05, 4.69) is 20.7 Å². The van der Waals surface area contributed by atoms with Crippen LogP contribution in [0.5, 0.6) is 23.0 Å². The molecule has 0 spiro atoms. The monoisotopic (exact) mass is 471 g/mol. The van der Waals surface area contributed by atoms with Crippen molar-refractivity contribution in [2.45, 2.75) is 0 Å². The van der Waals surface area contributed by atoms with E-state index in [0.717, 1.165) is 28.2 Å². The summed E-state index contributed by atoms with van der Waals surface area (Å²) in [5.74, 6) is 3.01. The Morgan fingerprint density at radius 2 is 1.26 bits per heavy atom. The van der Waals surface area contributed by atoms with Gasteiger partial charge in [0.25, 0.3) is 5.95 Å².